The van der Waals surface area contributed by atoms with Gasteiger partial charge in [0, 0.05) is 12.0 Å². The Labute approximate surface area is 95.1 Å². The number of carbonyl (C=O) groups is 2. The second-order valence-electron chi connectivity index (χ2n) is 3.49. The monoisotopic (exact) mass is 242 g/mol. The number of ether oxygens (including phenoxy) is 2. The van der Waals surface area contributed by atoms with Gasteiger partial charge in [-0.25, -0.2) is 13.6 Å². The molecule has 90 valence electrons. The molecule has 1 saturated heterocycles. The summed E-state index contributed by atoms with van der Waals surface area (Å²) in [5.41, 5.74) is -0.138. The van der Waals surface area contributed by atoms with E-state index in [1.165, 1.54) is 0 Å². The number of benzene rings is 1. The smallest absolute Gasteiger partial charge is 0.347 e. The van der Waals surface area contributed by atoms with Crippen LogP contribution >= 0.6 is 0 Å². The van der Waals surface area contributed by atoms with E-state index in [-0.39, 0.29) is 18.6 Å². The van der Waals surface area contributed by atoms with Crippen LogP contribution in [0.2, 0.25) is 0 Å². The van der Waals surface area contributed by atoms with Crippen molar-refractivity contribution in [2.24, 2.45) is 0 Å². The first-order valence-corrected chi connectivity index (χ1v) is 4.89. The molecule has 0 saturated carbocycles. The molecule has 2 rings (SSSR count). The van der Waals surface area contributed by atoms with Crippen LogP contribution in [0, 0.1) is 11.6 Å². The molecule has 6 heteroatoms. The van der Waals surface area contributed by atoms with Gasteiger partial charge in [0.25, 0.3) is 0 Å². The summed E-state index contributed by atoms with van der Waals surface area (Å²) in [7, 11) is 0. The Kier molecular flexibility index (Phi) is 3.03. The van der Waals surface area contributed by atoms with Gasteiger partial charge in [0.1, 0.15) is 6.29 Å². The predicted octanol–water partition coefficient (Wildman–Crippen LogP) is 1.47. The first kappa shape index (κ1) is 11.5. The first-order chi connectivity index (χ1) is 8.11. The van der Waals surface area contributed by atoms with Crippen molar-refractivity contribution >= 4 is 12.3 Å². The molecule has 4 nitrogen and oxygen atoms in total. The number of carbonyl (C=O) groups excluding carboxylic acids is 2. The first-order valence-electron chi connectivity index (χ1n) is 4.89. The van der Waals surface area contributed by atoms with E-state index in [4.69, 9.17) is 4.74 Å². The number of cyclic esters (lactones) is 1. The highest BCUT2D eigenvalue weighted by atomic mass is 19.1. The lowest BCUT2D eigenvalue weighted by atomic mass is 10.2. The summed E-state index contributed by atoms with van der Waals surface area (Å²) < 4.78 is 36.3. The van der Waals surface area contributed by atoms with E-state index in [2.05, 4.69) is 4.74 Å². The van der Waals surface area contributed by atoms with Crippen LogP contribution in [0.5, 0.6) is 5.75 Å². The maximum absolute atomic E-state index is 13.4. The second kappa shape index (κ2) is 4.48. The molecule has 1 aromatic rings. The summed E-state index contributed by atoms with van der Waals surface area (Å²) in [5.74, 6) is -3.36. The van der Waals surface area contributed by atoms with Gasteiger partial charge in [-0.3, -0.25) is 4.79 Å². The largest absolute Gasteiger partial charge is 0.472 e. The molecule has 0 spiro atoms. The van der Waals surface area contributed by atoms with Crippen molar-refractivity contribution in [3.05, 3.63) is 29.3 Å². The van der Waals surface area contributed by atoms with Crippen molar-refractivity contribution in [3.8, 4) is 5.75 Å². The number of esters is 1. The molecule has 0 radical (unpaired) electrons. The van der Waals surface area contributed by atoms with Crippen molar-refractivity contribution in [2.45, 2.75) is 12.5 Å². The normalized spacial score (nSPS) is 18.9. The highest BCUT2D eigenvalue weighted by Gasteiger charge is 2.30. The van der Waals surface area contributed by atoms with E-state index in [1.807, 2.05) is 0 Å². The number of rotatable bonds is 3. The molecule has 1 heterocycles. The number of aldehydes is 1. The third-order valence-electron chi connectivity index (χ3n) is 2.30. The van der Waals surface area contributed by atoms with Gasteiger partial charge in [-0.05, 0) is 12.1 Å². The molecule has 1 aliphatic rings. The third-order valence-corrected chi connectivity index (χ3v) is 2.30. The number of hydrogen-bond donors (Lipinski definition) is 0. The van der Waals surface area contributed by atoms with Crippen LogP contribution in [0.15, 0.2) is 12.1 Å². The zero-order valence-electron chi connectivity index (χ0n) is 8.61. The lowest BCUT2D eigenvalue weighted by molar-refractivity contribution is -0.143. The minimum Gasteiger partial charge on any atom is -0.472 e. The van der Waals surface area contributed by atoms with Crippen molar-refractivity contribution in [2.75, 3.05) is 6.61 Å². The second-order valence-corrected chi connectivity index (χ2v) is 3.49. The molecular weight excluding hydrogens is 234 g/mol. The summed E-state index contributed by atoms with van der Waals surface area (Å²) in [6.07, 6.45) is -0.437. The van der Waals surface area contributed by atoms with Gasteiger partial charge >= 0.3 is 5.97 Å². The highest BCUT2D eigenvalue weighted by molar-refractivity contribution is 5.77. The van der Waals surface area contributed by atoms with Crippen LogP contribution in [-0.4, -0.2) is 25.0 Å². The van der Waals surface area contributed by atoms with Crippen LogP contribution in [0.4, 0.5) is 8.78 Å². The highest BCUT2D eigenvalue weighted by Crippen LogP contribution is 2.25. The summed E-state index contributed by atoms with van der Waals surface area (Å²) in [5, 5.41) is 0. The predicted molar refractivity (Wildman–Crippen MR) is 51.7 cm³/mol. The summed E-state index contributed by atoms with van der Waals surface area (Å²) in [6, 6.07) is 1.68. The lowest BCUT2D eigenvalue weighted by Gasteiger charge is -2.11. The topological polar surface area (TPSA) is 52.6 Å². The van der Waals surface area contributed by atoms with E-state index in [0.29, 0.717) is 6.29 Å². The minimum absolute atomic E-state index is 0.138. The van der Waals surface area contributed by atoms with E-state index >= 15 is 0 Å². The Bertz CT molecular complexity index is 450. The summed E-state index contributed by atoms with van der Waals surface area (Å²) >= 11 is 0. The van der Waals surface area contributed by atoms with Crippen LogP contribution < -0.4 is 4.74 Å². The molecule has 1 fully saturated rings. The molecule has 17 heavy (non-hydrogen) atoms. The third kappa shape index (κ3) is 2.25. The van der Waals surface area contributed by atoms with Gasteiger partial charge in [0.15, 0.2) is 23.5 Å². The van der Waals surface area contributed by atoms with Gasteiger partial charge in [-0.15, -0.1) is 0 Å². The Hall–Kier alpha value is -1.98. The van der Waals surface area contributed by atoms with E-state index in [9.17, 15) is 18.4 Å². The Balaban J connectivity index is 2.26. The molecule has 0 N–H and O–H groups in total. The van der Waals surface area contributed by atoms with Crippen molar-refractivity contribution in [1.29, 1.82) is 0 Å². The van der Waals surface area contributed by atoms with Crippen LogP contribution in [0.25, 0.3) is 0 Å². The Morgan fingerprint density at radius 1 is 1.35 bits per heavy atom. The average molecular weight is 242 g/mol. The van der Waals surface area contributed by atoms with Gasteiger partial charge in [-0.1, -0.05) is 0 Å². The Morgan fingerprint density at radius 2 is 2.00 bits per heavy atom. The standard InChI is InChI=1S/C11H8F2O4/c12-7-3-6(5-14)4-8(13)10(7)17-9-1-2-16-11(9)15/h3-5,9H,1-2H2. The maximum Gasteiger partial charge on any atom is 0.347 e. The van der Waals surface area contributed by atoms with Gasteiger partial charge < -0.3 is 9.47 Å². The van der Waals surface area contributed by atoms with Crippen molar-refractivity contribution in [1.82, 2.24) is 0 Å². The maximum atomic E-state index is 13.4. The molecule has 0 aliphatic carbocycles. The fourth-order valence-corrected chi connectivity index (χ4v) is 1.49. The molecule has 1 aromatic carbocycles. The molecule has 0 aromatic heterocycles. The Morgan fingerprint density at radius 3 is 2.47 bits per heavy atom. The van der Waals surface area contributed by atoms with Crippen molar-refractivity contribution < 1.29 is 27.8 Å². The average Bonchev–Trinajstić information content (AvgIpc) is 2.69. The quantitative estimate of drug-likeness (QED) is 0.595. The van der Waals surface area contributed by atoms with Gasteiger partial charge in [0.05, 0.1) is 6.61 Å². The lowest BCUT2D eigenvalue weighted by Crippen LogP contribution is -2.22. The zero-order valence-corrected chi connectivity index (χ0v) is 8.61. The van der Waals surface area contributed by atoms with E-state index in [1.54, 1.807) is 0 Å². The minimum atomic E-state index is -1.02. The van der Waals surface area contributed by atoms with Crippen LogP contribution in [-0.2, 0) is 9.53 Å². The van der Waals surface area contributed by atoms with Crippen LogP contribution in [0.3, 0.4) is 0 Å². The van der Waals surface area contributed by atoms with Crippen molar-refractivity contribution in [3.63, 3.8) is 0 Å². The molecule has 1 unspecified atom stereocenters. The fraction of sp³-hybridized carbons (Fsp3) is 0.273. The van der Waals surface area contributed by atoms with Crippen LogP contribution in [0.1, 0.15) is 16.8 Å². The molecule has 0 bridgehead atoms. The van der Waals surface area contributed by atoms with Gasteiger partial charge in [0.2, 0.25) is 0 Å². The number of hydrogen-bond acceptors (Lipinski definition) is 4. The SMILES string of the molecule is O=Cc1cc(F)c(OC2CCOC2=O)c(F)c1. The molecule has 0 amide bonds. The van der Waals surface area contributed by atoms with E-state index < -0.39 is 29.5 Å². The zero-order chi connectivity index (χ0) is 12.4. The summed E-state index contributed by atoms with van der Waals surface area (Å²) in [6.45, 7) is 0.166. The number of halogens is 2. The summed E-state index contributed by atoms with van der Waals surface area (Å²) in [4.78, 5) is 21.4. The molecular formula is C11H8F2O4. The fourth-order valence-electron chi connectivity index (χ4n) is 1.49. The molecule has 1 atom stereocenters. The molecule has 1 aliphatic heterocycles. The van der Waals surface area contributed by atoms with Gasteiger partial charge in [-0.2, -0.15) is 0 Å². The van der Waals surface area contributed by atoms with E-state index in [0.717, 1.165) is 12.1 Å².